The van der Waals surface area contributed by atoms with Crippen molar-refractivity contribution in [1.29, 1.82) is 0 Å². The first-order chi connectivity index (χ1) is 27.8. The van der Waals surface area contributed by atoms with Crippen molar-refractivity contribution in [3.63, 3.8) is 0 Å². The van der Waals surface area contributed by atoms with Crippen molar-refractivity contribution < 1.29 is 13.0 Å². The molecule has 0 saturated carbocycles. The molecular weight excluding hydrogens is 793 g/mol. The SMILES string of the molecule is CCCC(C)(C#CC(C)(CCC)CC(C)C)CC(C)C.CCCC(C)(C#CC(C)(CCC)CCC(C)C)CCC(C)C.CCCOCCC[Si](C)(O[Si](C)(C)C)O[Si](C)(C)C. The van der Waals surface area contributed by atoms with E-state index in [9.17, 15) is 0 Å². The average Bonchev–Trinajstić information content (AvgIpc) is 3.07. The molecule has 0 aromatic heterocycles. The third-order valence-corrected chi connectivity index (χ3v) is 20.7. The summed E-state index contributed by atoms with van der Waals surface area (Å²) in [7, 11) is -5.14. The van der Waals surface area contributed by atoms with Crippen LogP contribution in [0.25, 0.3) is 0 Å². The quantitative estimate of drug-likeness (QED) is 0.0445. The van der Waals surface area contributed by atoms with Crippen LogP contribution in [0.4, 0.5) is 0 Å². The summed E-state index contributed by atoms with van der Waals surface area (Å²) in [6.45, 7) is 56.8. The molecule has 364 valence electrons. The summed E-state index contributed by atoms with van der Waals surface area (Å²) in [5.74, 6) is 17.9. The lowest BCUT2D eigenvalue weighted by atomic mass is 9.75. The zero-order chi connectivity index (χ0) is 48.2. The highest BCUT2D eigenvalue weighted by Crippen LogP contribution is 2.36. The standard InChI is InChI=1S/C22H42.C20H38.C13H34O3Si3/c1-9-13-21(7,15-11-19(3)4)17-18-22(8,14-10-2)16-12-20(5)6;1-9-11-19(7,15-17(3)4)13-14-20(8,12-10-2)16-18(5)6;1-9-11-14-12-10-13-19(8,15-17(2,3)4)16-18(5,6)7/h19-20H,9-16H2,1-8H3;17-18H,9-12,15-16H2,1-8H3;9-13H2,1-8H3. The molecule has 3 nitrogen and oxygen atoms in total. The van der Waals surface area contributed by atoms with Gasteiger partial charge in [0.05, 0.1) is 0 Å². The van der Waals surface area contributed by atoms with Crippen LogP contribution in [-0.2, 0) is 13.0 Å². The highest BCUT2D eigenvalue weighted by molar-refractivity contribution is 6.87. The molecule has 0 radical (unpaired) electrons. The number of hydrogen-bond acceptors (Lipinski definition) is 3. The van der Waals surface area contributed by atoms with Crippen LogP contribution in [0.3, 0.4) is 0 Å². The van der Waals surface area contributed by atoms with E-state index in [-0.39, 0.29) is 21.7 Å². The van der Waals surface area contributed by atoms with Crippen LogP contribution in [0, 0.1) is 69.0 Å². The Morgan fingerprint density at radius 1 is 0.410 bits per heavy atom. The zero-order valence-electron chi connectivity index (χ0n) is 46.5. The van der Waals surface area contributed by atoms with Crippen LogP contribution < -0.4 is 0 Å². The summed E-state index contributed by atoms with van der Waals surface area (Å²) < 4.78 is 18.5. The van der Waals surface area contributed by atoms with Gasteiger partial charge in [-0.2, -0.15) is 0 Å². The van der Waals surface area contributed by atoms with E-state index in [1.807, 2.05) is 0 Å². The lowest BCUT2D eigenvalue weighted by Crippen LogP contribution is -2.52. The fourth-order valence-electron chi connectivity index (χ4n) is 8.92. The van der Waals surface area contributed by atoms with Gasteiger partial charge in [-0.3, -0.25) is 0 Å². The Kier molecular flexibility index (Phi) is 34.4. The highest BCUT2D eigenvalue weighted by Gasteiger charge is 2.39. The second kappa shape index (κ2) is 32.3. The molecule has 0 fully saturated rings. The summed E-state index contributed by atoms with van der Waals surface area (Å²) in [5, 5.41) is 0. The van der Waals surface area contributed by atoms with Gasteiger partial charge in [-0.15, -0.1) is 0 Å². The molecule has 4 unspecified atom stereocenters. The van der Waals surface area contributed by atoms with Crippen molar-refractivity contribution in [2.45, 2.75) is 272 Å². The summed E-state index contributed by atoms with van der Waals surface area (Å²) in [4.78, 5) is 0. The van der Waals surface area contributed by atoms with Gasteiger partial charge >= 0.3 is 8.56 Å². The molecule has 0 saturated heterocycles. The Hall–Kier alpha value is -0.349. The smallest absolute Gasteiger partial charge is 0.314 e. The molecule has 0 aliphatic rings. The molecule has 0 aliphatic heterocycles. The van der Waals surface area contributed by atoms with Crippen molar-refractivity contribution in [3.8, 4) is 23.7 Å². The number of hydrogen-bond donors (Lipinski definition) is 0. The first-order valence-corrected chi connectivity index (χ1v) is 35.2. The van der Waals surface area contributed by atoms with Gasteiger partial charge in [-0.1, -0.05) is 139 Å². The minimum absolute atomic E-state index is 0.203. The molecule has 0 aromatic carbocycles. The van der Waals surface area contributed by atoms with Crippen molar-refractivity contribution in [3.05, 3.63) is 0 Å². The number of rotatable bonds is 28. The Bertz CT molecular complexity index is 1130. The van der Waals surface area contributed by atoms with Crippen LogP contribution >= 0.6 is 0 Å². The third kappa shape index (κ3) is 38.6. The Balaban J connectivity index is -0.000000830. The zero-order valence-corrected chi connectivity index (χ0v) is 49.5. The first kappa shape index (κ1) is 64.9. The monoisotopic (exact) mass is 907 g/mol. The molecule has 0 heterocycles. The second-order valence-corrected chi connectivity index (χ2v) is 36.9. The fourth-order valence-corrected chi connectivity index (χ4v) is 21.4. The van der Waals surface area contributed by atoms with Crippen LogP contribution in [0.5, 0.6) is 0 Å². The molecule has 0 N–H and O–H groups in total. The van der Waals surface area contributed by atoms with E-state index in [0.29, 0.717) is 0 Å². The maximum atomic E-state index is 6.44. The lowest BCUT2D eigenvalue weighted by Gasteiger charge is -2.38. The van der Waals surface area contributed by atoms with E-state index in [1.165, 1.54) is 89.9 Å². The van der Waals surface area contributed by atoms with Crippen LogP contribution in [0.15, 0.2) is 0 Å². The maximum absolute atomic E-state index is 6.44. The van der Waals surface area contributed by atoms with E-state index >= 15 is 0 Å². The molecule has 0 rings (SSSR count). The summed E-state index contributed by atoms with van der Waals surface area (Å²) in [5.41, 5.74) is 0.835. The highest BCUT2D eigenvalue weighted by atomic mass is 28.5. The minimum Gasteiger partial charge on any atom is -0.437 e. The Labute approximate surface area is 390 Å². The van der Waals surface area contributed by atoms with Gasteiger partial charge in [0, 0.05) is 34.9 Å². The molecule has 0 aromatic rings. The lowest BCUT2D eigenvalue weighted by molar-refractivity contribution is 0.134. The maximum Gasteiger partial charge on any atom is 0.314 e. The van der Waals surface area contributed by atoms with E-state index in [2.05, 4.69) is 187 Å². The first-order valence-electron chi connectivity index (χ1n) is 25.9. The predicted octanol–water partition coefficient (Wildman–Crippen LogP) is 18.7. The normalized spacial score (nSPS) is 16.2. The van der Waals surface area contributed by atoms with Gasteiger partial charge < -0.3 is 13.0 Å². The van der Waals surface area contributed by atoms with Crippen LogP contribution in [-0.4, -0.2) is 38.4 Å². The second-order valence-electron chi connectivity index (χ2n) is 24.1. The van der Waals surface area contributed by atoms with Crippen molar-refractivity contribution >= 4 is 25.2 Å². The molecule has 61 heavy (non-hydrogen) atoms. The predicted molar refractivity (Wildman–Crippen MR) is 286 cm³/mol. The van der Waals surface area contributed by atoms with E-state index in [1.54, 1.807) is 0 Å². The van der Waals surface area contributed by atoms with Gasteiger partial charge in [0.1, 0.15) is 0 Å². The van der Waals surface area contributed by atoms with E-state index < -0.39 is 25.2 Å². The molecule has 6 heteroatoms. The third-order valence-electron chi connectivity index (χ3n) is 11.1. The van der Waals surface area contributed by atoms with Gasteiger partial charge in [0.15, 0.2) is 16.6 Å². The van der Waals surface area contributed by atoms with Crippen LogP contribution in [0.1, 0.15) is 220 Å². The topological polar surface area (TPSA) is 27.7 Å². The van der Waals surface area contributed by atoms with Gasteiger partial charge in [-0.25, -0.2) is 0 Å². The summed E-state index contributed by atoms with van der Waals surface area (Å²) >= 11 is 0. The number of ether oxygens (including phenoxy) is 1. The van der Waals surface area contributed by atoms with E-state index in [0.717, 1.165) is 55.8 Å². The molecular formula is C55H114O3Si3. The Morgan fingerprint density at radius 2 is 0.721 bits per heavy atom. The molecule has 0 aliphatic carbocycles. The van der Waals surface area contributed by atoms with Crippen molar-refractivity contribution in [2.24, 2.45) is 45.3 Å². The average molecular weight is 908 g/mol. The van der Waals surface area contributed by atoms with Gasteiger partial charge in [-0.05, 0) is 180 Å². The largest absolute Gasteiger partial charge is 0.437 e. The Morgan fingerprint density at radius 3 is 0.984 bits per heavy atom. The van der Waals surface area contributed by atoms with E-state index in [4.69, 9.17) is 13.0 Å². The molecule has 0 spiro atoms. The van der Waals surface area contributed by atoms with Crippen molar-refractivity contribution in [1.82, 2.24) is 0 Å². The molecule has 0 bridgehead atoms. The minimum atomic E-state index is -2.04. The fraction of sp³-hybridized carbons (Fsp3) is 0.927. The summed E-state index contributed by atoms with van der Waals surface area (Å²) in [6, 6.07) is 1.05. The van der Waals surface area contributed by atoms with Gasteiger partial charge in [0.25, 0.3) is 0 Å². The van der Waals surface area contributed by atoms with Gasteiger partial charge in [0.2, 0.25) is 0 Å². The molecule has 4 atom stereocenters. The molecule has 0 amide bonds. The van der Waals surface area contributed by atoms with Crippen LogP contribution in [0.2, 0.25) is 51.9 Å². The van der Waals surface area contributed by atoms with Crippen molar-refractivity contribution in [2.75, 3.05) is 13.2 Å². The summed E-state index contributed by atoms with van der Waals surface area (Å²) in [6.07, 6.45) is 19.5.